The van der Waals surface area contributed by atoms with Crippen molar-refractivity contribution in [1.29, 1.82) is 0 Å². The summed E-state index contributed by atoms with van der Waals surface area (Å²) in [5.41, 5.74) is 0.335. The molecule has 0 atom stereocenters. The van der Waals surface area contributed by atoms with Crippen LogP contribution >= 0.6 is 0 Å². The van der Waals surface area contributed by atoms with E-state index >= 15 is 0 Å². The average molecular weight is 453 g/mol. The Hall–Kier alpha value is -4.44. The SMILES string of the molecule is O=C(N=[N+]=NCCc1nc(-c2ccccc2)n[nH]1)c1cccc(-n2cnc(C(F)(F)F)c2)c1. The van der Waals surface area contributed by atoms with Gasteiger partial charge < -0.3 is 4.57 Å². The zero-order valence-electron chi connectivity index (χ0n) is 16.9. The molecule has 2 aromatic heterocycles. The van der Waals surface area contributed by atoms with E-state index in [1.54, 1.807) is 6.07 Å². The molecule has 0 spiro atoms. The molecule has 4 aromatic rings. The summed E-state index contributed by atoms with van der Waals surface area (Å²) in [6, 6.07) is 15.4. The Morgan fingerprint density at radius 1 is 1.12 bits per heavy atom. The number of H-pyrrole nitrogens is 1. The van der Waals surface area contributed by atoms with E-state index in [0.717, 1.165) is 18.1 Å². The van der Waals surface area contributed by atoms with Gasteiger partial charge in [0.2, 0.25) is 10.0 Å². The number of carbonyl (C=O) groups is 1. The van der Waals surface area contributed by atoms with E-state index in [4.69, 9.17) is 0 Å². The topological polar surface area (TPSA) is 115 Å². The molecule has 12 heteroatoms. The largest absolute Gasteiger partial charge is 0.434 e. The van der Waals surface area contributed by atoms with Gasteiger partial charge in [0.1, 0.15) is 17.5 Å². The molecule has 166 valence electrons. The first kappa shape index (κ1) is 21.8. The molecule has 0 fully saturated rings. The van der Waals surface area contributed by atoms with Crippen molar-refractivity contribution in [2.24, 2.45) is 10.2 Å². The molecule has 2 heterocycles. The molecule has 9 nitrogen and oxygen atoms in total. The van der Waals surface area contributed by atoms with Gasteiger partial charge >= 0.3 is 12.1 Å². The molecule has 0 radical (unpaired) electrons. The Kier molecular flexibility index (Phi) is 6.18. The number of benzene rings is 2. The van der Waals surface area contributed by atoms with E-state index < -0.39 is 17.8 Å². The minimum Gasteiger partial charge on any atom is -0.306 e. The van der Waals surface area contributed by atoms with Crippen molar-refractivity contribution in [3.8, 4) is 17.1 Å². The van der Waals surface area contributed by atoms with Crippen LogP contribution in [0.3, 0.4) is 0 Å². The molecular formula is C21H16F3N8O+. The summed E-state index contributed by atoms with van der Waals surface area (Å²) >= 11 is 0. The van der Waals surface area contributed by atoms with Crippen LogP contribution in [0, 0.1) is 0 Å². The van der Waals surface area contributed by atoms with Crippen LogP contribution in [0.5, 0.6) is 0 Å². The van der Waals surface area contributed by atoms with Gasteiger partial charge in [-0.1, -0.05) is 36.4 Å². The van der Waals surface area contributed by atoms with E-state index in [1.807, 2.05) is 30.3 Å². The van der Waals surface area contributed by atoms with Crippen LogP contribution in [0.15, 0.2) is 77.3 Å². The molecular weight excluding hydrogens is 437 g/mol. The van der Waals surface area contributed by atoms with Crippen molar-refractivity contribution in [3.63, 3.8) is 0 Å². The molecule has 1 N–H and O–H groups in total. The average Bonchev–Trinajstić information content (AvgIpc) is 3.50. The lowest BCUT2D eigenvalue weighted by atomic mass is 10.2. The van der Waals surface area contributed by atoms with Gasteiger partial charge in [-0.25, -0.2) is 9.97 Å². The summed E-state index contributed by atoms with van der Waals surface area (Å²) < 4.78 is 39.4. The van der Waals surface area contributed by atoms with Crippen molar-refractivity contribution in [1.82, 2.24) is 29.6 Å². The molecule has 1 amide bonds. The van der Waals surface area contributed by atoms with Crippen molar-refractivity contribution >= 4 is 5.91 Å². The van der Waals surface area contributed by atoms with Gasteiger partial charge in [-0.2, -0.15) is 18.3 Å². The number of halogens is 3. The molecule has 0 bridgehead atoms. The maximum atomic E-state index is 12.7. The number of rotatable bonds is 6. The van der Waals surface area contributed by atoms with Crippen molar-refractivity contribution < 1.29 is 18.0 Å². The first-order valence-corrected chi connectivity index (χ1v) is 9.70. The predicted molar refractivity (Wildman–Crippen MR) is 110 cm³/mol. The summed E-state index contributed by atoms with van der Waals surface area (Å²) in [5.74, 6) is 0.510. The molecule has 2 aromatic carbocycles. The smallest absolute Gasteiger partial charge is 0.306 e. The first-order valence-electron chi connectivity index (χ1n) is 9.70. The first-order chi connectivity index (χ1) is 15.9. The summed E-state index contributed by atoms with van der Waals surface area (Å²) in [6.07, 6.45) is -2.27. The highest BCUT2D eigenvalue weighted by Gasteiger charge is 2.33. The highest BCUT2D eigenvalue weighted by Crippen LogP contribution is 2.28. The number of hydrogen-bond acceptors (Lipinski definition) is 5. The highest BCUT2D eigenvalue weighted by atomic mass is 19.4. The van der Waals surface area contributed by atoms with Crippen LogP contribution in [0.2, 0.25) is 0 Å². The van der Waals surface area contributed by atoms with Crippen molar-refractivity contribution in [2.45, 2.75) is 12.6 Å². The van der Waals surface area contributed by atoms with Gasteiger partial charge in [0.15, 0.2) is 11.5 Å². The second-order valence-corrected chi connectivity index (χ2v) is 6.80. The van der Waals surface area contributed by atoms with Crippen LogP contribution in [-0.2, 0) is 12.6 Å². The van der Waals surface area contributed by atoms with Crippen LogP contribution in [-0.4, -0.2) is 37.2 Å². The Labute approximate surface area is 184 Å². The van der Waals surface area contributed by atoms with Crippen molar-refractivity contribution in [3.05, 3.63) is 84.2 Å². The van der Waals surface area contributed by atoms with Crippen LogP contribution in [0.1, 0.15) is 21.9 Å². The van der Waals surface area contributed by atoms with Crippen LogP contribution in [0.25, 0.3) is 17.1 Å². The molecule has 0 unspecified atom stereocenters. The molecule has 0 aliphatic carbocycles. The molecule has 0 saturated heterocycles. The molecule has 0 saturated carbocycles. The third kappa shape index (κ3) is 5.43. The standard InChI is InChI=1S/C21H15F3N8O/c22-21(23,24)17-12-32(13-25-17)16-8-4-7-15(11-16)20(33)30-31-26-10-9-18-27-19(29-28-18)14-5-2-1-3-6-14/h1-8,11-13H,9-10H2/p+1. The molecule has 4 rings (SSSR count). The Bertz CT molecular complexity index is 1320. The number of imidazole rings is 1. The summed E-state index contributed by atoms with van der Waals surface area (Å²) in [6.45, 7) is 0.232. The van der Waals surface area contributed by atoms with Crippen molar-refractivity contribution in [2.75, 3.05) is 6.54 Å². The maximum Gasteiger partial charge on any atom is 0.434 e. The third-order valence-electron chi connectivity index (χ3n) is 4.48. The zero-order valence-corrected chi connectivity index (χ0v) is 16.9. The van der Waals surface area contributed by atoms with Gasteiger partial charge in [0.25, 0.3) is 0 Å². The fourth-order valence-electron chi connectivity index (χ4n) is 2.86. The highest BCUT2D eigenvalue weighted by molar-refractivity contribution is 5.94. The van der Waals surface area contributed by atoms with E-state index in [0.29, 0.717) is 23.8 Å². The second kappa shape index (κ2) is 9.37. The number of aromatic nitrogens is 5. The molecule has 0 aliphatic heterocycles. The number of aromatic amines is 1. The maximum absolute atomic E-state index is 12.7. The van der Waals surface area contributed by atoms with Gasteiger partial charge in [-0.05, 0) is 18.2 Å². The number of nitrogens with one attached hydrogen (secondary N) is 1. The number of carbonyl (C=O) groups excluding carboxylic acids is 1. The number of amides is 1. The second-order valence-electron chi connectivity index (χ2n) is 6.80. The van der Waals surface area contributed by atoms with Gasteiger partial charge in [-0.3, -0.25) is 9.89 Å². The minimum absolute atomic E-state index is 0.149. The predicted octanol–water partition coefficient (Wildman–Crippen LogP) is 4.03. The Balaban J connectivity index is 1.36. The number of hydrogen-bond donors (Lipinski definition) is 1. The lowest BCUT2D eigenvalue weighted by molar-refractivity contribution is -0.140. The lowest BCUT2D eigenvalue weighted by Crippen LogP contribution is -2.05. The normalized spacial score (nSPS) is 11.1. The van der Waals surface area contributed by atoms with E-state index in [9.17, 15) is 18.0 Å². The van der Waals surface area contributed by atoms with Crippen LogP contribution in [0.4, 0.5) is 13.2 Å². The lowest BCUT2D eigenvalue weighted by Gasteiger charge is -2.03. The third-order valence-corrected chi connectivity index (χ3v) is 4.48. The number of nitrogens with zero attached hydrogens (tertiary/aromatic N) is 7. The Morgan fingerprint density at radius 3 is 2.70 bits per heavy atom. The summed E-state index contributed by atoms with van der Waals surface area (Å²) in [4.78, 5) is 23.5. The Morgan fingerprint density at radius 2 is 1.94 bits per heavy atom. The van der Waals surface area contributed by atoms with Gasteiger partial charge in [0.05, 0.1) is 11.9 Å². The molecule has 0 aliphatic rings. The minimum atomic E-state index is -4.55. The van der Waals surface area contributed by atoms with Crippen LogP contribution < -0.4 is 4.91 Å². The van der Waals surface area contributed by atoms with E-state index in [-0.39, 0.29) is 12.1 Å². The fourth-order valence-corrected chi connectivity index (χ4v) is 2.86. The quantitative estimate of drug-likeness (QED) is 0.351. The van der Waals surface area contributed by atoms with Gasteiger partial charge in [0, 0.05) is 23.9 Å². The summed E-state index contributed by atoms with van der Waals surface area (Å²) in [5, 5.41) is 14.3. The number of alkyl halides is 3. The van der Waals surface area contributed by atoms with Gasteiger partial charge in [-0.15, -0.1) is 0 Å². The zero-order chi connectivity index (χ0) is 23.3. The monoisotopic (exact) mass is 453 g/mol. The van der Waals surface area contributed by atoms with E-state index in [2.05, 4.69) is 35.3 Å². The molecule has 33 heavy (non-hydrogen) atoms. The fraction of sp³-hybridized carbons (Fsp3) is 0.143. The summed E-state index contributed by atoms with van der Waals surface area (Å²) in [7, 11) is 0. The van der Waals surface area contributed by atoms with E-state index in [1.165, 1.54) is 22.8 Å².